The fourth-order valence-electron chi connectivity index (χ4n) is 1.09. The van der Waals surface area contributed by atoms with Crippen LogP contribution in [0, 0.1) is 0 Å². The molecule has 0 aliphatic heterocycles. The van der Waals surface area contributed by atoms with E-state index in [4.69, 9.17) is 10.2 Å². The van der Waals surface area contributed by atoms with Crippen molar-refractivity contribution < 1.29 is 19.8 Å². The van der Waals surface area contributed by atoms with Gasteiger partial charge in [0.05, 0.1) is 16.8 Å². The van der Waals surface area contributed by atoms with Crippen molar-refractivity contribution in [1.82, 2.24) is 0 Å². The maximum Gasteiger partial charge on any atom is 0.337 e. The molecule has 0 aliphatic carbocycles. The van der Waals surface area contributed by atoms with E-state index in [9.17, 15) is 9.59 Å². The fraction of sp³-hybridized carbons (Fsp3) is 0.100. The zero-order valence-corrected chi connectivity index (χ0v) is 7.97. The second-order valence-electron chi connectivity index (χ2n) is 2.73. The van der Waals surface area contributed by atoms with E-state index in [2.05, 4.69) is 4.99 Å². The van der Waals surface area contributed by atoms with Crippen LogP contribution < -0.4 is 0 Å². The van der Waals surface area contributed by atoms with Gasteiger partial charge in [-0.1, -0.05) is 0 Å². The van der Waals surface area contributed by atoms with Gasteiger partial charge < -0.3 is 10.2 Å². The van der Waals surface area contributed by atoms with Gasteiger partial charge in [-0.3, -0.25) is 4.99 Å². The van der Waals surface area contributed by atoms with Crippen LogP contribution in [-0.2, 0) is 0 Å². The smallest absolute Gasteiger partial charge is 0.337 e. The lowest BCUT2D eigenvalue weighted by atomic mass is 10.1. The average Bonchev–Trinajstić information content (AvgIpc) is 2.17. The number of aliphatic imine (C=N–C) groups is 1. The monoisotopic (exact) mass is 207 g/mol. The van der Waals surface area contributed by atoms with Crippen molar-refractivity contribution >= 4 is 23.8 Å². The molecule has 0 bridgehead atoms. The molecule has 1 aromatic carbocycles. The van der Waals surface area contributed by atoms with Gasteiger partial charge in [0.25, 0.3) is 0 Å². The van der Waals surface area contributed by atoms with E-state index < -0.39 is 11.9 Å². The molecular weight excluding hydrogens is 198 g/mol. The van der Waals surface area contributed by atoms with Gasteiger partial charge in [-0.2, -0.15) is 0 Å². The number of rotatable bonds is 3. The molecule has 1 aromatic rings. The van der Waals surface area contributed by atoms with Crippen molar-refractivity contribution in [3.8, 4) is 0 Å². The van der Waals surface area contributed by atoms with E-state index >= 15 is 0 Å². The summed E-state index contributed by atoms with van der Waals surface area (Å²) in [5.74, 6) is -2.24. The molecule has 5 heteroatoms. The Labute approximate surface area is 85.7 Å². The van der Waals surface area contributed by atoms with Crippen LogP contribution in [0.1, 0.15) is 27.6 Å². The lowest BCUT2D eigenvalue weighted by Gasteiger charge is -2.01. The predicted octanol–water partition coefficient (Wildman–Crippen LogP) is 1.81. The maximum absolute atomic E-state index is 10.8. The minimum atomic E-state index is -1.13. The van der Waals surface area contributed by atoms with Crippen molar-refractivity contribution in [2.45, 2.75) is 6.92 Å². The Hall–Kier alpha value is -2.17. The zero-order chi connectivity index (χ0) is 11.4. The van der Waals surface area contributed by atoms with Crippen LogP contribution in [0.4, 0.5) is 5.69 Å². The highest BCUT2D eigenvalue weighted by atomic mass is 16.4. The number of hydrogen-bond acceptors (Lipinski definition) is 3. The number of hydrogen-bond donors (Lipinski definition) is 2. The number of aromatic carboxylic acids is 2. The topological polar surface area (TPSA) is 87.0 Å². The first-order valence-electron chi connectivity index (χ1n) is 4.15. The van der Waals surface area contributed by atoms with Crippen LogP contribution in [0.25, 0.3) is 0 Å². The molecule has 0 atom stereocenters. The lowest BCUT2D eigenvalue weighted by molar-refractivity contribution is 0.0682. The molecule has 78 valence electrons. The lowest BCUT2D eigenvalue weighted by Crippen LogP contribution is -2.01. The number of carboxylic acid groups (broad SMARTS) is 2. The molecule has 2 N–H and O–H groups in total. The van der Waals surface area contributed by atoms with Gasteiger partial charge in [-0.05, 0) is 25.1 Å². The number of carbonyl (C=O) groups is 2. The molecule has 0 spiro atoms. The molecule has 0 heterocycles. The first kappa shape index (κ1) is 10.9. The predicted molar refractivity (Wildman–Crippen MR) is 54.2 cm³/mol. The fourth-order valence-corrected chi connectivity index (χ4v) is 1.09. The molecule has 0 saturated carbocycles. The summed E-state index contributed by atoms with van der Waals surface area (Å²) in [5, 5.41) is 17.5. The molecule has 0 unspecified atom stereocenters. The summed E-state index contributed by atoms with van der Waals surface area (Å²) in [6.45, 7) is 1.62. The second kappa shape index (κ2) is 4.36. The summed E-state index contributed by atoms with van der Waals surface area (Å²) in [6, 6.07) is 3.69. The number of carboxylic acids is 2. The van der Waals surface area contributed by atoms with E-state index in [0.29, 0.717) is 0 Å². The van der Waals surface area contributed by atoms with Crippen LogP contribution in [0.2, 0.25) is 0 Å². The Morgan fingerprint density at radius 3 is 2.40 bits per heavy atom. The number of benzene rings is 1. The van der Waals surface area contributed by atoms with Crippen molar-refractivity contribution in [2.24, 2.45) is 4.99 Å². The van der Waals surface area contributed by atoms with Crippen molar-refractivity contribution in [1.29, 1.82) is 0 Å². The summed E-state index contributed by atoms with van der Waals surface area (Å²) < 4.78 is 0. The molecule has 0 fully saturated rings. The molecule has 0 saturated heterocycles. The Bertz CT molecular complexity index is 437. The van der Waals surface area contributed by atoms with E-state index in [0.717, 1.165) is 0 Å². The van der Waals surface area contributed by atoms with Crippen LogP contribution in [0.5, 0.6) is 0 Å². The quantitative estimate of drug-likeness (QED) is 0.740. The van der Waals surface area contributed by atoms with E-state index in [1.807, 2.05) is 0 Å². The van der Waals surface area contributed by atoms with E-state index in [1.165, 1.54) is 24.4 Å². The third-order valence-corrected chi connectivity index (χ3v) is 1.74. The summed E-state index contributed by atoms with van der Waals surface area (Å²) in [5.41, 5.74) is 0.142. The first-order valence-corrected chi connectivity index (χ1v) is 4.15. The van der Waals surface area contributed by atoms with Crippen molar-refractivity contribution in [3.63, 3.8) is 0 Å². The van der Waals surface area contributed by atoms with Crippen LogP contribution >= 0.6 is 0 Å². The summed E-state index contributed by atoms with van der Waals surface area (Å²) >= 11 is 0. The maximum atomic E-state index is 10.8. The molecule has 0 radical (unpaired) electrons. The Balaban J connectivity index is 3.32. The van der Waals surface area contributed by atoms with E-state index in [1.54, 1.807) is 6.92 Å². The van der Waals surface area contributed by atoms with Crippen molar-refractivity contribution in [3.05, 3.63) is 29.3 Å². The summed E-state index contributed by atoms with van der Waals surface area (Å²) in [4.78, 5) is 25.2. The third kappa shape index (κ3) is 2.40. The Kier molecular flexibility index (Phi) is 3.17. The highest BCUT2D eigenvalue weighted by Gasteiger charge is 2.12. The van der Waals surface area contributed by atoms with Crippen LogP contribution in [0.3, 0.4) is 0 Å². The van der Waals surface area contributed by atoms with Gasteiger partial charge in [0.15, 0.2) is 0 Å². The summed E-state index contributed by atoms with van der Waals surface area (Å²) in [6.07, 6.45) is 1.41. The Morgan fingerprint density at radius 1 is 1.27 bits per heavy atom. The molecular formula is C10H9NO4. The molecule has 0 amide bonds. The minimum Gasteiger partial charge on any atom is -0.478 e. The van der Waals surface area contributed by atoms with E-state index in [-0.39, 0.29) is 16.8 Å². The highest BCUT2D eigenvalue weighted by Crippen LogP contribution is 2.20. The van der Waals surface area contributed by atoms with Crippen LogP contribution in [0.15, 0.2) is 23.2 Å². The Morgan fingerprint density at radius 2 is 1.93 bits per heavy atom. The third-order valence-electron chi connectivity index (χ3n) is 1.74. The van der Waals surface area contributed by atoms with Gasteiger partial charge in [-0.25, -0.2) is 9.59 Å². The highest BCUT2D eigenvalue weighted by molar-refractivity contribution is 5.97. The SMILES string of the molecule is CC=Nc1cc(C(=O)O)ccc1C(=O)O. The molecule has 0 aliphatic rings. The molecule has 5 nitrogen and oxygen atoms in total. The van der Waals surface area contributed by atoms with Gasteiger partial charge in [0.1, 0.15) is 0 Å². The van der Waals surface area contributed by atoms with Gasteiger partial charge in [0, 0.05) is 6.21 Å². The standard InChI is InChI=1S/C10H9NO4/c1-2-11-8-5-6(9(12)13)3-4-7(8)10(14)15/h2-5H,1H3,(H,12,13)(H,14,15). The average molecular weight is 207 g/mol. The zero-order valence-electron chi connectivity index (χ0n) is 7.97. The molecule has 0 aromatic heterocycles. The molecule has 15 heavy (non-hydrogen) atoms. The second-order valence-corrected chi connectivity index (χ2v) is 2.73. The van der Waals surface area contributed by atoms with Crippen LogP contribution in [-0.4, -0.2) is 28.4 Å². The van der Waals surface area contributed by atoms with Crippen molar-refractivity contribution in [2.75, 3.05) is 0 Å². The van der Waals surface area contributed by atoms with Gasteiger partial charge in [0.2, 0.25) is 0 Å². The first-order chi connectivity index (χ1) is 7.06. The molecule has 1 rings (SSSR count). The number of nitrogens with zero attached hydrogens (tertiary/aromatic N) is 1. The van der Waals surface area contributed by atoms with Gasteiger partial charge in [-0.15, -0.1) is 0 Å². The minimum absolute atomic E-state index is 0.0144. The largest absolute Gasteiger partial charge is 0.478 e. The summed E-state index contributed by atoms with van der Waals surface area (Å²) in [7, 11) is 0. The normalized spacial score (nSPS) is 10.5. The van der Waals surface area contributed by atoms with Gasteiger partial charge >= 0.3 is 11.9 Å².